The van der Waals surface area contributed by atoms with Crippen molar-refractivity contribution in [2.24, 2.45) is 0 Å². The van der Waals surface area contributed by atoms with Gasteiger partial charge in [0.15, 0.2) is 0 Å². The van der Waals surface area contributed by atoms with E-state index in [1.54, 1.807) is 0 Å². The molecule has 2 N–H and O–H groups in total. The fraction of sp³-hybridized carbons (Fsp3) is 0.917. The van der Waals surface area contributed by atoms with E-state index in [0.717, 1.165) is 26.0 Å². The average Bonchev–Trinajstić information content (AvgIpc) is 2.38. The summed E-state index contributed by atoms with van der Waals surface area (Å²) in [6, 6.07) is -0.229. The number of ether oxygens (including phenoxy) is 2. The van der Waals surface area contributed by atoms with Gasteiger partial charge in [-0.25, -0.2) is 0 Å². The normalized spacial score (nSPS) is 34.3. The minimum atomic E-state index is -0.229. The molecule has 0 aromatic heterocycles. The summed E-state index contributed by atoms with van der Waals surface area (Å²) in [5.74, 6) is 0.0198. The second kappa shape index (κ2) is 6.33. The molecule has 5 heteroatoms. The first-order valence-electron chi connectivity index (χ1n) is 6.51. The Labute approximate surface area is 102 Å². The molecule has 2 fully saturated rings. The summed E-state index contributed by atoms with van der Waals surface area (Å²) < 4.78 is 11.0. The van der Waals surface area contributed by atoms with Gasteiger partial charge in [0.25, 0.3) is 0 Å². The lowest BCUT2D eigenvalue weighted by Crippen LogP contribution is -2.56. The van der Waals surface area contributed by atoms with Crippen molar-refractivity contribution < 1.29 is 14.3 Å². The van der Waals surface area contributed by atoms with Crippen molar-refractivity contribution in [1.29, 1.82) is 0 Å². The fourth-order valence-corrected chi connectivity index (χ4v) is 2.32. The van der Waals surface area contributed by atoms with Crippen LogP contribution in [-0.2, 0) is 14.3 Å². The number of rotatable bonds is 3. The largest absolute Gasteiger partial charge is 0.376 e. The predicted molar refractivity (Wildman–Crippen MR) is 63.8 cm³/mol. The minimum absolute atomic E-state index is 0.0198. The number of morpholine rings is 1. The van der Waals surface area contributed by atoms with Crippen LogP contribution in [0.3, 0.4) is 0 Å². The molecule has 2 aliphatic heterocycles. The third-order valence-corrected chi connectivity index (χ3v) is 3.38. The Bertz CT molecular complexity index is 254. The molecule has 17 heavy (non-hydrogen) atoms. The van der Waals surface area contributed by atoms with Crippen molar-refractivity contribution in [3.8, 4) is 0 Å². The summed E-state index contributed by atoms with van der Waals surface area (Å²) in [4.78, 5) is 11.9. The lowest BCUT2D eigenvalue weighted by Gasteiger charge is -2.30. The maximum atomic E-state index is 11.9. The van der Waals surface area contributed by atoms with Crippen LogP contribution >= 0.6 is 0 Å². The highest BCUT2D eigenvalue weighted by molar-refractivity contribution is 5.82. The summed E-state index contributed by atoms with van der Waals surface area (Å²) in [5.41, 5.74) is 0. The van der Waals surface area contributed by atoms with Crippen LogP contribution in [0.25, 0.3) is 0 Å². The van der Waals surface area contributed by atoms with Crippen molar-refractivity contribution in [2.45, 2.75) is 44.4 Å². The molecule has 2 heterocycles. The molecule has 2 saturated heterocycles. The van der Waals surface area contributed by atoms with Crippen LogP contribution in [0.1, 0.15) is 26.2 Å². The maximum Gasteiger partial charge on any atom is 0.239 e. The Morgan fingerprint density at radius 3 is 2.94 bits per heavy atom. The van der Waals surface area contributed by atoms with E-state index in [2.05, 4.69) is 10.6 Å². The number of carbonyl (C=O) groups excluding carboxylic acids is 1. The maximum absolute atomic E-state index is 11.9. The van der Waals surface area contributed by atoms with E-state index in [-0.39, 0.29) is 24.2 Å². The van der Waals surface area contributed by atoms with Crippen molar-refractivity contribution in [1.82, 2.24) is 10.6 Å². The van der Waals surface area contributed by atoms with Gasteiger partial charge >= 0.3 is 0 Å². The van der Waals surface area contributed by atoms with E-state index in [0.29, 0.717) is 13.2 Å². The fourth-order valence-electron chi connectivity index (χ4n) is 2.32. The molecule has 0 spiro atoms. The molecule has 5 nitrogen and oxygen atoms in total. The smallest absolute Gasteiger partial charge is 0.239 e. The predicted octanol–water partition coefficient (Wildman–Crippen LogP) is 0.0486. The Hall–Kier alpha value is -0.650. The summed E-state index contributed by atoms with van der Waals surface area (Å²) in [5, 5.41) is 6.12. The standard InChI is InChI=1S/C12H22N2O3/c1-9-11(13-5-7-16-9)12(15)14-8-10-4-2-3-6-17-10/h9-11,13H,2-8H2,1H3,(H,14,15)/t9-,10?,11+/m1/s1. The summed E-state index contributed by atoms with van der Waals surface area (Å²) in [7, 11) is 0. The summed E-state index contributed by atoms with van der Waals surface area (Å²) >= 11 is 0. The quantitative estimate of drug-likeness (QED) is 0.734. The van der Waals surface area contributed by atoms with Gasteiger partial charge in [-0.1, -0.05) is 0 Å². The van der Waals surface area contributed by atoms with Gasteiger partial charge in [-0.3, -0.25) is 4.79 Å². The van der Waals surface area contributed by atoms with Crippen LogP contribution in [0.15, 0.2) is 0 Å². The number of carbonyl (C=O) groups is 1. The lowest BCUT2D eigenvalue weighted by atomic mass is 10.1. The van der Waals surface area contributed by atoms with E-state index < -0.39 is 0 Å². The van der Waals surface area contributed by atoms with Crippen LogP contribution < -0.4 is 10.6 Å². The minimum Gasteiger partial charge on any atom is -0.376 e. The first-order valence-corrected chi connectivity index (χ1v) is 6.51. The molecule has 1 amide bonds. The molecule has 0 radical (unpaired) electrons. The first-order chi connectivity index (χ1) is 8.27. The van der Waals surface area contributed by atoms with Crippen molar-refractivity contribution in [3.63, 3.8) is 0 Å². The van der Waals surface area contributed by atoms with Crippen molar-refractivity contribution in [3.05, 3.63) is 0 Å². The van der Waals surface area contributed by atoms with Crippen LogP contribution in [0, 0.1) is 0 Å². The van der Waals surface area contributed by atoms with Crippen LogP contribution in [0.5, 0.6) is 0 Å². The van der Waals surface area contributed by atoms with E-state index in [1.165, 1.54) is 6.42 Å². The van der Waals surface area contributed by atoms with Crippen LogP contribution in [-0.4, -0.2) is 50.5 Å². The van der Waals surface area contributed by atoms with Gasteiger partial charge in [-0.15, -0.1) is 0 Å². The molecular formula is C12H22N2O3. The number of amides is 1. The number of hydrogen-bond donors (Lipinski definition) is 2. The molecule has 0 aromatic carbocycles. The molecule has 3 atom stereocenters. The molecule has 2 rings (SSSR count). The van der Waals surface area contributed by atoms with Gasteiger partial charge in [0.2, 0.25) is 5.91 Å². The molecular weight excluding hydrogens is 220 g/mol. The lowest BCUT2D eigenvalue weighted by molar-refractivity contribution is -0.129. The van der Waals surface area contributed by atoms with E-state index >= 15 is 0 Å². The Morgan fingerprint density at radius 2 is 2.24 bits per heavy atom. The van der Waals surface area contributed by atoms with E-state index in [9.17, 15) is 4.79 Å². The zero-order valence-corrected chi connectivity index (χ0v) is 10.4. The molecule has 2 aliphatic rings. The summed E-state index contributed by atoms with van der Waals surface area (Å²) in [6.07, 6.45) is 3.51. The monoisotopic (exact) mass is 242 g/mol. The van der Waals surface area contributed by atoms with Crippen molar-refractivity contribution in [2.75, 3.05) is 26.3 Å². The Kier molecular flexibility index (Phi) is 4.76. The third kappa shape index (κ3) is 3.66. The second-order valence-electron chi connectivity index (χ2n) is 4.74. The van der Waals surface area contributed by atoms with E-state index in [1.807, 2.05) is 6.92 Å². The van der Waals surface area contributed by atoms with Gasteiger partial charge in [0.1, 0.15) is 6.04 Å². The molecule has 0 saturated carbocycles. The van der Waals surface area contributed by atoms with Gasteiger partial charge in [-0.2, -0.15) is 0 Å². The molecule has 0 bridgehead atoms. The zero-order valence-electron chi connectivity index (χ0n) is 10.4. The SMILES string of the molecule is C[C@H]1OCCN[C@@H]1C(=O)NCC1CCCCO1. The van der Waals surface area contributed by atoms with Crippen molar-refractivity contribution >= 4 is 5.91 Å². The van der Waals surface area contributed by atoms with Gasteiger partial charge < -0.3 is 20.1 Å². The zero-order chi connectivity index (χ0) is 12.1. The van der Waals surface area contributed by atoms with Crippen LogP contribution in [0.4, 0.5) is 0 Å². The highest BCUT2D eigenvalue weighted by Gasteiger charge is 2.28. The Balaban J connectivity index is 1.72. The second-order valence-corrected chi connectivity index (χ2v) is 4.74. The highest BCUT2D eigenvalue weighted by atomic mass is 16.5. The third-order valence-electron chi connectivity index (χ3n) is 3.38. The molecule has 98 valence electrons. The highest BCUT2D eigenvalue weighted by Crippen LogP contribution is 2.12. The van der Waals surface area contributed by atoms with Gasteiger partial charge in [0.05, 0.1) is 18.8 Å². The first kappa shape index (κ1) is 12.8. The van der Waals surface area contributed by atoms with Gasteiger partial charge in [-0.05, 0) is 26.2 Å². The average molecular weight is 242 g/mol. The summed E-state index contributed by atoms with van der Waals surface area (Å²) in [6.45, 7) is 4.78. The topological polar surface area (TPSA) is 59.6 Å². The Morgan fingerprint density at radius 1 is 1.35 bits per heavy atom. The number of hydrogen-bond acceptors (Lipinski definition) is 4. The molecule has 0 aromatic rings. The van der Waals surface area contributed by atoms with Gasteiger partial charge in [0, 0.05) is 19.7 Å². The van der Waals surface area contributed by atoms with E-state index in [4.69, 9.17) is 9.47 Å². The number of nitrogens with one attached hydrogen (secondary N) is 2. The molecule has 1 unspecified atom stereocenters. The molecule has 0 aliphatic carbocycles. The van der Waals surface area contributed by atoms with Crippen LogP contribution in [0.2, 0.25) is 0 Å².